The number of nitrogens with one attached hydrogen (secondary N) is 1. The molecule has 5 N–H and O–H groups in total. The van der Waals surface area contributed by atoms with Crippen molar-refractivity contribution >= 4 is 11.9 Å². The lowest BCUT2D eigenvalue weighted by atomic mass is 9.97. The van der Waals surface area contributed by atoms with Crippen LogP contribution < -0.4 is 5.32 Å². The van der Waals surface area contributed by atoms with Gasteiger partial charge in [0.05, 0.1) is 0 Å². The molecule has 0 aromatic carbocycles. The number of carbonyl (C=O) groups is 2. The number of aliphatic hydroxyl groups is 3. The van der Waals surface area contributed by atoms with E-state index in [2.05, 4.69) is 10.1 Å². The van der Waals surface area contributed by atoms with Gasteiger partial charge in [-0.1, -0.05) is 0 Å². The molecule has 1 fully saturated rings. The normalized spacial score (nSPS) is 39.1. The van der Waals surface area contributed by atoms with Crippen LogP contribution in [0.2, 0.25) is 0 Å². The number of aliphatic hydroxyl groups excluding tert-OH is 3. The molecule has 1 amide bonds. The third kappa shape index (κ3) is 2.47. The molecule has 1 aliphatic heterocycles. The molecule has 0 saturated carbocycles. The van der Waals surface area contributed by atoms with Crippen molar-refractivity contribution in [2.45, 2.75) is 37.6 Å². The maximum absolute atomic E-state index is 10.7. The van der Waals surface area contributed by atoms with Crippen LogP contribution in [-0.4, -0.2) is 62.9 Å². The zero-order valence-corrected chi connectivity index (χ0v) is 8.40. The van der Waals surface area contributed by atoms with Gasteiger partial charge in [0.15, 0.2) is 12.4 Å². The van der Waals surface area contributed by atoms with E-state index in [0.717, 1.165) is 6.92 Å². The molecule has 0 bridgehead atoms. The number of carboxylic acids is 1. The van der Waals surface area contributed by atoms with Crippen LogP contribution in [-0.2, 0) is 14.3 Å². The highest BCUT2D eigenvalue weighted by molar-refractivity contribution is 5.74. The Balaban J connectivity index is 2.79. The van der Waals surface area contributed by atoms with Crippen LogP contribution in [0.3, 0.4) is 0 Å². The van der Waals surface area contributed by atoms with Crippen molar-refractivity contribution in [1.29, 1.82) is 0 Å². The summed E-state index contributed by atoms with van der Waals surface area (Å²) in [6, 6.07) is -1.26. The van der Waals surface area contributed by atoms with E-state index in [4.69, 9.17) is 5.11 Å². The summed E-state index contributed by atoms with van der Waals surface area (Å²) in [4.78, 5) is 21.3. The lowest BCUT2D eigenvalue weighted by Crippen LogP contribution is -2.64. The van der Waals surface area contributed by atoms with E-state index in [9.17, 15) is 24.9 Å². The van der Waals surface area contributed by atoms with E-state index in [-0.39, 0.29) is 0 Å². The van der Waals surface area contributed by atoms with Gasteiger partial charge in [0.25, 0.3) is 0 Å². The second kappa shape index (κ2) is 4.74. The standard InChI is InChI=1S/C8H13NO7/c1-2(10)9-3-4(11)5(12)6(7(13)14)16-8(3)15/h3-6,8,11-12,15H,1H3,(H,9,10)(H,13,14)/t3-,4-,5+,6+,8?/m1/s1. The Bertz CT molecular complexity index is 294. The van der Waals surface area contributed by atoms with Crippen LogP contribution in [0.25, 0.3) is 0 Å². The Hall–Kier alpha value is -1.22. The molecule has 0 aromatic heterocycles. The van der Waals surface area contributed by atoms with E-state index in [0.29, 0.717) is 0 Å². The van der Waals surface area contributed by atoms with Crippen LogP contribution in [0.15, 0.2) is 0 Å². The number of hydrogen-bond acceptors (Lipinski definition) is 6. The number of ether oxygens (including phenoxy) is 1. The summed E-state index contributed by atoms with van der Waals surface area (Å²) in [5.74, 6) is -2.06. The molecule has 1 saturated heterocycles. The maximum Gasteiger partial charge on any atom is 0.335 e. The predicted octanol–water partition coefficient (Wildman–Crippen LogP) is -2.99. The molecule has 0 aliphatic carbocycles. The molecule has 5 atom stereocenters. The van der Waals surface area contributed by atoms with Crippen molar-refractivity contribution in [3.63, 3.8) is 0 Å². The average Bonchev–Trinajstić information content (AvgIpc) is 2.17. The Kier molecular flexibility index (Phi) is 3.81. The zero-order valence-electron chi connectivity index (χ0n) is 8.40. The van der Waals surface area contributed by atoms with E-state index in [1.54, 1.807) is 0 Å². The number of aliphatic carboxylic acids is 1. The van der Waals surface area contributed by atoms with Gasteiger partial charge in [-0.25, -0.2) is 4.79 Å². The first-order valence-corrected chi connectivity index (χ1v) is 4.54. The Morgan fingerprint density at radius 1 is 1.19 bits per heavy atom. The zero-order chi connectivity index (χ0) is 12.5. The Morgan fingerprint density at radius 2 is 1.75 bits per heavy atom. The number of rotatable bonds is 2. The monoisotopic (exact) mass is 235 g/mol. The Morgan fingerprint density at radius 3 is 2.19 bits per heavy atom. The summed E-state index contributed by atoms with van der Waals surface area (Å²) in [5.41, 5.74) is 0. The molecule has 1 unspecified atom stereocenters. The van der Waals surface area contributed by atoms with Gasteiger partial charge in [-0.2, -0.15) is 0 Å². The minimum Gasteiger partial charge on any atom is -0.479 e. The maximum atomic E-state index is 10.7. The van der Waals surface area contributed by atoms with E-state index in [1.807, 2.05) is 0 Å². The fraction of sp³-hybridized carbons (Fsp3) is 0.750. The average molecular weight is 235 g/mol. The Labute approximate surface area is 90.5 Å². The van der Waals surface area contributed by atoms with Gasteiger partial charge in [0.2, 0.25) is 5.91 Å². The lowest BCUT2D eigenvalue weighted by Gasteiger charge is -2.39. The first-order chi connectivity index (χ1) is 7.34. The minimum atomic E-state index is -1.73. The topological polar surface area (TPSA) is 136 Å². The third-order valence-electron chi connectivity index (χ3n) is 2.23. The van der Waals surface area contributed by atoms with Gasteiger partial charge in [-0.15, -0.1) is 0 Å². The third-order valence-corrected chi connectivity index (χ3v) is 2.23. The van der Waals surface area contributed by atoms with Crippen molar-refractivity contribution in [2.75, 3.05) is 0 Å². The molecule has 92 valence electrons. The summed E-state index contributed by atoms with van der Waals surface area (Å²) < 4.78 is 4.58. The SMILES string of the molecule is CC(=O)N[C@H]1C(O)O[C@H](C(=O)O)[C@@H](O)[C@@H]1O. The van der Waals surface area contributed by atoms with Crippen molar-refractivity contribution in [2.24, 2.45) is 0 Å². The van der Waals surface area contributed by atoms with Crippen LogP contribution in [0, 0.1) is 0 Å². The first kappa shape index (κ1) is 12.8. The van der Waals surface area contributed by atoms with Crippen LogP contribution in [0.1, 0.15) is 6.92 Å². The van der Waals surface area contributed by atoms with Gasteiger partial charge >= 0.3 is 5.97 Å². The summed E-state index contributed by atoms with van der Waals surface area (Å²) in [6.07, 6.45) is -6.76. The largest absolute Gasteiger partial charge is 0.479 e. The fourth-order valence-electron chi connectivity index (χ4n) is 1.47. The molecule has 8 heteroatoms. The highest BCUT2D eigenvalue weighted by Gasteiger charge is 2.47. The quantitative estimate of drug-likeness (QED) is 0.344. The molecule has 1 heterocycles. The van der Waals surface area contributed by atoms with E-state index in [1.165, 1.54) is 0 Å². The summed E-state index contributed by atoms with van der Waals surface area (Å²) in [7, 11) is 0. The lowest BCUT2D eigenvalue weighted by molar-refractivity contribution is -0.249. The number of carboxylic acid groups (broad SMARTS) is 1. The molecule has 0 radical (unpaired) electrons. The summed E-state index contributed by atoms with van der Waals surface area (Å²) >= 11 is 0. The van der Waals surface area contributed by atoms with Crippen LogP contribution in [0.4, 0.5) is 0 Å². The number of amides is 1. The first-order valence-electron chi connectivity index (χ1n) is 4.54. The van der Waals surface area contributed by atoms with E-state index >= 15 is 0 Å². The molecule has 0 spiro atoms. The molecule has 1 aliphatic rings. The minimum absolute atomic E-state index is 0.548. The van der Waals surface area contributed by atoms with Crippen LogP contribution >= 0.6 is 0 Å². The highest BCUT2D eigenvalue weighted by atomic mass is 16.6. The number of hydrogen-bond donors (Lipinski definition) is 5. The molecule has 16 heavy (non-hydrogen) atoms. The van der Waals surface area contributed by atoms with Gasteiger partial charge in [0.1, 0.15) is 18.2 Å². The van der Waals surface area contributed by atoms with Gasteiger partial charge in [-0.3, -0.25) is 4.79 Å². The highest BCUT2D eigenvalue weighted by Crippen LogP contribution is 2.20. The molecule has 8 nitrogen and oxygen atoms in total. The van der Waals surface area contributed by atoms with Crippen LogP contribution in [0.5, 0.6) is 0 Å². The second-order valence-electron chi connectivity index (χ2n) is 3.49. The van der Waals surface area contributed by atoms with Gasteiger partial charge in [-0.05, 0) is 0 Å². The fourth-order valence-corrected chi connectivity index (χ4v) is 1.47. The van der Waals surface area contributed by atoms with Gasteiger partial charge < -0.3 is 30.5 Å². The predicted molar refractivity (Wildman–Crippen MR) is 48.1 cm³/mol. The smallest absolute Gasteiger partial charge is 0.335 e. The molecular weight excluding hydrogens is 222 g/mol. The summed E-state index contributed by atoms with van der Waals surface area (Å²) in [6.45, 7) is 1.15. The van der Waals surface area contributed by atoms with Gasteiger partial charge in [0, 0.05) is 6.92 Å². The van der Waals surface area contributed by atoms with Crippen molar-refractivity contribution in [1.82, 2.24) is 5.32 Å². The molecular formula is C8H13NO7. The molecule has 0 aromatic rings. The van der Waals surface area contributed by atoms with Crippen molar-refractivity contribution < 1.29 is 34.8 Å². The molecule has 1 rings (SSSR count). The van der Waals surface area contributed by atoms with Crippen molar-refractivity contribution in [3.05, 3.63) is 0 Å². The second-order valence-corrected chi connectivity index (χ2v) is 3.49. The summed E-state index contributed by atoms with van der Waals surface area (Å²) in [5, 5.41) is 39.0. The number of carbonyl (C=O) groups excluding carboxylic acids is 1. The van der Waals surface area contributed by atoms with E-state index < -0.39 is 42.5 Å². The van der Waals surface area contributed by atoms with Crippen molar-refractivity contribution in [3.8, 4) is 0 Å².